The van der Waals surface area contributed by atoms with E-state index in [0.29, 0.717) is 0 Å². The van der Waals surface area contributed by atoms with E-state index in [1.807, 2.05) is 0 Å². The highest BCUT2D eigenvalue weighted by atomic mass is 32.2. The van der Waals surface area contributed by atoms with Gasteiger partial charge in [0.25, 0.3) is 0 Å². The van der Waals surface area contributed by atoms with Gasteiger partial charge in [0.2, 0.25) is 11.0 Å². The minimum absolute atomic E-state index is 0.312. The van der Waals surface area contributed by atoms with Crippen LogP contribution in [0.25, 0.3) is 10.2 Å². The molecule has 4 nitrogen and oxygen atoms in total. The van der Waals surface area contributed by atoms with Crippen LogP contribution in [0.5, 0.6) is 0 Å². The van der Waals surface area contributed by atoms with Crippen molar-refractivity contribution >= 4 is 31.7 Å². The van der Waals surface area contributed by atoms with E-state index in [-0.39, 0.29) is 5.75 Å². The minimum atomic E-state index is -3.91. The second kappa shape index (κ2) is 5.38. The Morgan fingerprint density at radius 2 is 1.94 bits per heavy atom. The molecule has 88 valence electrons. The van der Waals surface area contributed by atoms with Crippen LogP contribution in [0.2, 0.25) is 0 Å². The lowest BCUT2D eigenvalue weighted by Crippen LogP contribution is -2.24. The lowest BCUT2D eigenvalue weighted by Gasteiger charge is -1.97. The topological polar surface area (TPSA) is 61.1 Å². The molecule has 1 aromatic carbocycles. The molecule has 0 saturated heterocycles. The smallest absolute Gasteiger partial charge is 0.225 e. The molecule has 0 unspecified atom stereocenters. The van der Waals surface area contributed by atoms with Crippen molar-refractivity contribution in [1.29, 1.82) is 0 Å². The zero-order chi connectivity index (χ0) is 12.2. The van der Waals surface area contributed by atoms with Gasteiger partial charge in [0.15, 0.2) is 0 Å². The third kappa shape index (κ3) is 3.88. The third-order valence-corrected chi connectivity index (χ3v) is 3.66. The van der Waals surface area contributed by atoms with Crippen LogP contribution in [0.1, 0.15) is 6.92 Å². The Kier molecular flexibility index (Phi) is 4.40. The predicted molar refractivity (Wildman–Crippen MR) is 63.2 cm³/mol. The number of aromatic nitrogens is 1. The summed E-state index contributed by atoms with van der Waals surface area (Å²) < 4.78 is 31.8. The second-order valence-electron chi connectivity index (χ2n) is 3.15. The average molecular weight is 259 g/mol. The van der Waals surface area contributed by atoms with Crippen LogP contribution in [0.4, 0.5) is 0 Å². The molecule has 1 aromatic heterocycles. The van der Waals surface area contributed by atoms with E-state index in [2.05, 4.69) is 41.4 Å². The zero-order valence-electron chi connectivity index (χ0n) is 9.08. The first kappa shape index (κ1) is 13.1. The van der Waals surface area contributed by atoms with E-state index >= 15 is 0 Å². The molecule has 0 aliphatic heterocycles. The molecule has 0 atom stereocenters. The van der Waals surface area contributed by atoms with Crippen LogP contribution >= 0.6 is 11.3 Å². The van der Waals surface area contributed by atoms with Crippen LogP contribution in [0, 0.1) is 0 Å². The normalized spacial score (nSPS) is 10.9. The maximum absolute atomic E-state index is 9.44. The first-order valence-electron chi connectivity index (χ1n) is 4.69. The fourth-order valence-electron chi connectivity index (χ4n) is 1.04. The summed E-state index contributed by atoms with van der Waals surface area (Å²) in [6.45, 7) is 1.31. The summed E-state index contributed by atoms with van der Waals surface area (Å²) in [5.41, 5.74) is 3.43. The number of para-hydroxylation sites is 1. The zero-order valence-corrected chi connectivity index (χ0v) is 10.7. The fraction of sp³-hybridized carbons (Fsp3) is 0.300. The van der Waals surface area contributed by atoms with Gasteiger partial charge in [-0.25, -0.2) is 8.42 Å². The van der Waals surface area contributed by atoms with Crippen molar-refractivity contribution < 1.29 is 17.5 Å². The van der Waals surface area contributed by atoms with Crippen molar-refractivity contribution in [2.45, 2.75) is 6.92 Å². The van der Waals surface area contributed by atoms with Gasteiger partial charge in [-0.2, -0.15) is 4.57 Å². The molecule has 0 fully saturated rings. The molecule has 0 amide bonds. The number of nitrogens with zero attached hydrogens (tertiary/aromatic N) is 1. The molecule has 0 bridgehead atoms. The van der Waals surface area contributed by atoms with Gasteiger partial charge in [0.05, 0.1) is 10.1 Å². The van der Waals surface area contributed by atoms with E-state index in [4.69, 9.17) is 0 Å². The lowest BCUT2D eigenvalue weighted by atomic mass is 10.3. The first-order valence-corrected chi connectivity index (χ1v) is 7.15. The van der Waals surface area contributed by atoms with Gasteiger partial charge < -0.3 is 4.55 Å². The van der Waals surface area contributed by atoms with Crippen molar-refractivity contribution in [2.24, 2.45) is 7.05 Å². The largest absolute Gasteiger partial charge is 0.748 e. The van der Waals surface area contributed by atoms with Crippen LogP contribution in [0.3, 0.4) is 0 Å². The molecule has 2 rings (SSSR count). The number of rotatable bonds is 1. The summed E-state index contributed by atoms with van der Waals surface area (Å²) in [7, 11) is -1.84. The fourth-order valence-corrected chi connectivity index (χ4v) is 1.92. The Hall–Kier alpha value is -0.980. The summed E-state index contributed by atoms with van der Waals surface area (Å²) >= 11 is 1.78. The maximum atomic E-state index is 9.44. The second-order valence-corrected chi connectivity index (χ2v) is 5.73. The number of benzene rings is 1. The van der Waals surface area contributed by atoms with Gasteiger partial charge in [-0.15, -0.1) is 0 Å². The molecule has 0 saturated carbocycles. The van der Waals surface area contributed by atoms with E-state index in [1.165, 1.54) is 17.1 Å². The summed E-state index contributed by atoms with van der Waals surface area (Å²) in [5.74, 6) is -0.312. The molecule has 0 aliphatic rings. The van der Waals surface area contributed by atoms with Crippen molar-refractivity contribution in [1.82, 2.24) is 0 Å². The summed E-state index contributed by atoms with van der Waals surface area (Å²) in [6.07, 6.45) is 0. The molecule has 0 aliphatic carbocycles. The molecular formula is C10H13NO3S2. The van der Waals surface area contributed by atoms with Crippen LogP contribution in [0.15, 0.2) is 29.8 Å². The van der Waals surface area contributed by atoms with Gasteiger partial charge in [-0.1, -0.05) is 30.4 Å². The van der Waals surface area contributed by atoms with Gasteiger partial charge >= 0.3 is 0 Å². The van der Waals surface area contributed by atoms with Crippen LogP contribution in [-0.2, 0) is 17.2 Å². The molecule has 0 N–H and O–H groups in total. The van der Waals surface area contributed by atoms with Gasteiger partial charge in [-0.05, 0) is 6.07 Å². The number of fused-ring (bicyclic) bond motifs is 1. The average Bonchev–Trinajstić information content (AvgIpc) is 2.61. The van der Waals surface area contributed by atoms with E-state index in [0.717, 1.165) is 0 Å². The monoisotopic (exact) mass is 259 g/mol. The molecule has 2 aromatic rings. The van der Waals surface area contributed by atoms with Crippen LogP contribution < -0.4 is 4.57 Å². The Morgan fingerprint density at radius 1 is 1.38 bits per heavy atom. The number of hydrogen-bond donors (Lipinski definition) is 0. The molecule has 16 heavy (non-hydrogen) atoms. The first-order chi connectivity index (χ1) is 7.44. The van der Waals surface area contributed by atoms with Gasteiger partial charge in [0.1, 0.15) is 11.7 Å². The van der Waals surface area contributed by atoms with Gasteiger partial charge in [-0.3, -0.25) is 0 Å². The Bertz CT molecular complexity index is 560. The Morgan fingerprint density at radius 3 is 2.44 bits per heavy atom. The van der Waals surface area contributed by atoms with Gasteiger partial charge in [0, 0.05) is 11.8 Å². The standard InChI is InChI=1S/C8H8NS.C2H6O3S/c1-9-6-10-8-5-3-2-4-7(8)9;1-2-6(3,4)5/h2-6H,1H3;2H2,1H3,(H,3,4,5)/q+1;/p-1. The molecular weight excluding hydrogens is 246 g/mol. The quantitative estimate of drug-likeness (QED) is 0.572. The van der Waals surface area contributed by atoms with Crippen molar-refractivity contribution in [2.75, 3.05) is 5.75 Å². The summed E-state index contributed by atoms with van der Waals surface area (Å²) in [5, 5.41) is 0. The minimum Gasteiger partial charge on any atom is -0.748 e. The number of aryl methyl sites for hydroxylation is 1. The number of hydrogen-bond acceptors (Lipinski definition) is 4. The summed E-state index contributed by atoms with van der Waals surface area (Å²) in [4.78, 5) is 0. The van der Waals surface area contributed by atoms with E-state index in [1.54, 1.807) is 11.3 Å². The third-order valence-electron chi connectivity index (χ3n) is 1.94. The summed E-state index contributed by atoms with van der Waals surface area (Å²) in [6, 6.07) is 8.40. The van der Waals surface area contributed by atoms with E-state index in [9.17, 15) is 13.0 Å². The Labute approximate surface area is 98.9 Å². The highest BCUT2D eigenvalue weighted by Gasteiger charge is 2.03. The van der Waals surface area contributed by atoms with Crippen molar-refractivity contribution in [3.63, 3.8) is 0 Å². The maximum Gasteiger partial charge on any atom is 0.225 e. The van der Waals surface area contributed by atoms with E-state index < -0.39 is 10.1 Å². The molecule has 0 spiro atoms. The number of thiazole rings is 1. The van der Waals surface area contributed by atoms with Crippen molar-refractivity contribution in [3.05, 3.63) is 29.8 Å². The lowest BCUT2D eigenvalue weighted by molar-refractivity contribution is -0.640. The van der Waals surface area contributed by atoms with Crippen LogP contribution in [-0.4, -0.2) is 18.7 Å². The SMILES string of the molecule is CCS(=O)(=O)[O-].C[n+]1csc2ccccc21. The van der Waals surface area contributed by atoms with Crippen molar-refractivity contribution in [3.8, 4) is 0 Å². The Balaban J connectivity index is 0.000000187. The predicted octanol–water partition coefficient (Wildman–Crippen LogP) is 1.28. The molecule has 1 heterocycles. The molecule has 0 radical (unpaired) electrons. The highest BCUT2D eigenvalue weighted by Crippen LogP contribution is 2.13. The highest BCUT2D eigenvalue weighted by molar-refractivity contribution is 7.85. The molecule has 6 heteroatoms.